The van der Waals surface area contributed by atoms with E-state index in [4.69, 9.17) is 19.5 Å². The third-order valence-corrected chi connectivity index (χ3v) is 6.44. The number of hydrogen-bond donors (Lipinski definition) is 0. The van der Waals surface area contributed by atoms with Crippen LogP contribution in [-0.4, -0.2) is 35.1 Å². The minimum Gasteiger partial charge on any atom is -0.475 e. The maximum absolute atomic E-state index is 5.60. The van der Waals surface area contributed by atoms with Crippen molar-refractivity contribution in [3.05, 3.63) is 85.0 Å². The lowest BCUT2D eigenvalue weighted by atomic mass is 10.3. The zero-order chi connectivity index (χ0) is 24.9. The minimum absolute atomic E-state index is 0.555. The van der Waals surface area contributed by atoms with Gasteiger partial charge >= 0.3 is 23.4 Å². The van der Waals surface area contributed by atoms with Crippen LogP contribution in [0.25, 0.3) is 0 Å². The first-order valence-corrected chi connectivity index (χ1v) is 11.9. The number of ether oxygens (including phenoxy) is 2. The molecule has 0 spiro atoms. The van der Waals surface area contributed by atoms with E-state index >= 15 is 0 Å². The lowest BCUT2D eigenvalue weighted by Crippen LogP contribution is -2.35. The van der Waals surface area contributed by atoms with Crippen molar-refractivity contribution in [3.63, 3.8) is 0 Å². The van der Waals surface area contributed by atoms with Gasteiger partial charge in [0.2, 0.25) is 0 Å². The summed E-state index contributed by atoms with van der Waals surface area (Å²) in [5, 5.41) is 0. The van der Waals surface area contributed by atoms with E-state index in [1.165, 1.54) is 0 Å². The van der Waals surface area contributed by atoms with E-state index in [1.807, 2.05) is 108 Å². The van der Waals surface area contributed by atoms with Crippen LogP contribution in [0.4, 0.5) is 11.4 Å². The van der Waals surface area contributed by atoms with Crippen molar-refractivity contribution in [1.82, 2.24) is 9.13 Å². The first-order chi connectivity index (χ1) is 16.9. The van der Waals surface area contributed by atoms with Crippen LogP contribution in [0.5, 0.6) is 0 Å². The molecule has 0 amide bonds. The molecule has 0 aliphatic heterocycles. The summed E-state index contributed by atoms with van der Waals surface area (Å²) < 4.78 is 19.1. The molecular formula is C26H30N6O2S+2. The highest BCUT2D eigenvalue weighted by atomic mass is 32.2. The Kier molecular flexibility index (Phi) is 7.36. The van der Waals surface area contributed by atoms with E-state index in [1.54, 1.807) is 26.0 Å². The van der Waals surface area contributed by atoms with Crippen LogP contribution in [0.3, 0.4) is 0 Å². The van der Waals surface area contributed by atoms with Gasteiger partial charge in [-0.1, -0.05) is 23.9 Å². The van der Waals surface area contributed by atoms with Gasteiger partial charge in [-0.25, -0.2) is 28.3 Å². The van der Waals surface area contributed by atoms with Crippen LogP contribution in [0.2, 0.25) is 0 Å². The number of aliphatic imine (C=N–C) groups is 2. The second-order valence-electron chi connectivity index (χ2n) is 8.03. The molecule has 0 aliphatic rings. The normalized spacial score (nSPS) is 12.2. The van der Waals surface area contributed by atoms with Gasteiger partial charge in [0.25, 0.3) is 0 Å². The Morgan fingerprint density at radius 1 is 0.743 bits per heavy atom. The van der Waals surface area contributed by atoms with Gasteiger partial charge in [0, 0.05) is 9.79 Å². The molecule has 0 saturated carbocycles. The van der Waals surface area contributed by atoms with E-state index in [0.29, 0.717) is 11.8 Å². The second-order valence-corrected chi connectivity index (χ2v) is 9.17. The van der Waals surface area contributed by atoms with Crippen molar-refractivity contribution in [2.75, 3.05) is 14.2 Å². The summed E-state index contributed by atoms with van der Waals surface area (Å²) in [6.07, 6.45) is 7.88. The van der Waals surface area contributed by atoms with Crippen LogP contribution < -0.4 is 9.13 Å². The van der Waals surface area contributed by atoms with Crippen molar-refractivity contribution in [3.8, 4) is 0 Å². The first-order valence-electron chi connectivity index (χ1n) is 11.1. The van der Waals surface area contributed by atoms with Gasteiger partial charge in [0.1, 0.15) is 24.8 Å². The van der Waals surface area contributed by atoms with E-state index in [-0.39, 0.29) is 0 Å². The second kappa shape index (κ2) is 10.6. The van der Waals surface area contributed by atoms with Crippen LogP contribution in [-0.2, 0) is 37.7 Å². The maximum atomic E-state index is 5.60. The van der Waals surface area contributed by atoms with Crippen molar-refractivity contribution in [1.29, 1.82) is 0 Å². The quantitative estimate of drug-likeness (QED) is 0.236. The molecule has 180 valence electrons. The fourth-order valence-electron chi connectivity index (χ4n) is 3.76. The highest BCUT2D eigenvalue weighted by Crippen LogP contribution is 2.32. The smallest absolute Gasteiger partial charge is 0.344 e. The van der Waals surface area contributed by atoms with Gasteiger partial charge in [-0.2, -0.15) is 0 Å². The predicted molar refractivity (Wildman–Crippen MR) is 137 cm³/mol. The fraction of sp³-hybridized carbons (Fsp3) is 0.231. The first kappa shape index (κ1) is 24.3. The van der Waals surface area contributed by atoms with Crippen molar-refractivity contribution >= 4 is 34.9 Å². The van der Waals surface area contributed by atoms with E-state index in [2.05, 4.69) is 12.1 Å². The Balaban J connectivity index is 1.59. The number of aryl methyl sites for hydroxylation is 4. The average molecular weight is 491 g/mol. The SMILES string of the molecule is CO/C(=N\c1cccc(Sc2cccc(/N=C(\OC)c3n(C)cc[n+]3C)c2)c1)c1n(C)cc[n+]1C. The number of imidazole rings is 2. The molecule has 35 heavy (non-hydrogen) atoms. The number of rotatable bonds is 6. The molecule has 0 fully saturated rings. The van der Waals surface area contributed by atoms with Crippen molar-refractivity contribution in [2.24, 2.45) is 38.2 Å². The Morgan fingerprint density at radius 2 is 1.17 bits per heavy atom. The molecule has 0 atom stereocenters. The van der Waals surface area contributed by atoms with Gasteiger partial charge < -0.3 is 9.47 Å². The van der Waals surface area contributed by atoms with Crippen LogP contribution in [0, 0.1) is 0 Å². The summed E-state index contributed by atoms with van der Waals surface area (Å²) in [6.45, 7) is 0. The molecule has 9 heteroatoms. The summed E-state index contributed by atoms with van der Waals surface area (Å²) in [5.74, 6) is 2.88. The Morgan fingerprint density at radius 3 is 1.51 bits per heavy atom. The molecule has 0 aliphatic carbocycles. The summed E-state index contributed by atoms with van der Waals surface area (Å²) in [4.78, 5) is 11.6. The molecule has 0 bridgehead atoms. The summed E-state index contributed by atoms with van der Waals surface area (Å²) >= 11 is 1.65. The third-order valence-electron chi connectivity index (χ3n) is 5.47. The topological polar surface area (TPSA) is 60.8 Å². The zero-order valence-corrected chi connectivity index (χ0v) is 21.7. The lowest BCUT2D eigenvalue weighted by Gasteiger charge is -2.06. The molecule has 0 radical (unpaired) electrons. The van der Waals surface area contributed by atoms with Gasteiger partial charge in [0.15, 0.2) is 0 Å². The minimum atomic E-state index is 0.555. The van der Waals surface area contributed by atoms with E-state index < -0.39 is 0 Å². The Labute approximate surface area is 209 Å². The molecular weight excluding hydrogens is 460 g/mol. The number of aromatic nitrogens is 4. The number of nitrogens with zero attached hydrogens (tertiary/aromatic N) is 6. The van der Waals surface area contributed by atoms with Gasteiger partial charge in [-0.15, -0.1) is 0 Å². The number of methoxy groups -OCH3 is 2. The summed E-state index contributed by atoms with van der Waals surface area (Å²) in [6, 6.07) is 16.2. The van der Waals surface area contributed by atoms with E-state index in [0.717, 1.165) is 32.8 Å². The highest BCUT2D eigenvalue weighted by molar-refractivity contribution is 7.99. The zero-order valence-electron chi connectivity index (χ0n) is 20.8. The molecule has 0 N–H and O–H groups in total. The Bertz CT molecular complexity index is 1260. The molecule has 0 saturated heterocycles. The van der Waals surface area contributed by atoms with Crippen LogP contribution in [0.1, 0.15) is 11.6 Å². The molecule has 0 unspecified atom stereocenters. The van der Waals surface area contributed by atoms with Crippen molar-refractivity contribution in [2.45, 2.75) is 9.79 Å². The summed E-state index contributed by atoms with van der Waals surface area (Å²) in [5.41, 5.74) is 1.64. The van der Waals surface area contributed by atoms with Crippen LogP contribution >= 0.6 is 11.8 Å². The number of benzene rings is 2. The third kappa shape index (κ3) is 5.46. The van der Waals surface area contributed by atoms with Crippen molar-refractivity contribution < 1.29 is 18.6 Å². The predicted octanol–water partition coefficient (Wildman–Crippen LogP) is 3.61. The Hall–Kier alpha value is -3.85. The average Bonchev–Trinajstić information content (AvgIpc) is 3.36. The van der Waals surface area contributed by atoms with Crippen LogP contribution in [0.15, 0.2) is 93.1 Å². The molecule has 2 aromatic carbocycles. The molecule has 2 heterocycles. The molecule has 2 aromatic heterocycles. The monoisotopic (exact) mass is 490 g/mol. The molecule has 8 nitrogen and oxygen atoms in total. The van der Waals surface area contributed by atoms with Gasteiger partial charge in [-0.3, -0.25) is 0 Å². The van der Waals surface area contributed by atoms with Gasteiger partial charge in [0.05, 0.1) is 53.8 Å². The maximum Gasteiger partial charge on any atom is 0.344 e. The standard InChI is InChI=1S/C26H30N6O2S/c1-29-13-14-30(2)25(29)23(33-5)27-19-9-7-11-21(17-19)35-22-12-8-10-20(18-22)28-24(34-6)26-31(3)15-16-32(26)4/h7-18H,1-6H3/q+2/b27-23-,28-24-. The van der Waals surface area contributed by atoms with Gasteiger partial charge in [-0.05, 0) is 36.4 Å². The largest absolute Gasteiger partial charge is 0.475 e. The molecule has 4 aromatic rings. The van der Waals surface area contributed by atoms with E-state index in [9.17, 15) is 0 Å². The highest BCUT2D eigenvalue weighted by Gasteiger charge is 2.21. The number of hydrogen-bond acceptors (Lipinski definition) is 5. The lowest BCUT2D eigenvalue weighted by molar-refractivity contribution is -0.672. The summed E-state index contributed by atoms with van der Waals surface area (Å²) in [7, 11) is 11.2. The fourth-order valence-corrected chi connectivity index (χ4v) is 4.69. The molecule has 4 rings (SSSR count).